The van der Waals surface area contributed by atoms with Crippen molar-refractivity contribution in [2.75, 3.05) is 18.8 Å². The van der Waals surface area contributed by atoms with Crippen molar-refractivity contribution in [2.45, 2.75) is 38.8 Å². The summed E-state index contributed by atoms with van der Waals surface area (Å²) in [4.78, 5) is 38.3. The van der Waals surface area contributed by atoms with Crippen molar-refractivity contribution in [3.8, 4) is 0 Å². The molecule has 19 heavy (non-hydrogen) atoms. The predicted octanol–water partition coefficient (Wildman–Crippen LogP) is 1.26. The molecule has 1 N–H and O–H groups in total. The first-order valence-corrected chi connectivity index (χ1v) is 7.32. The molecule has 2 saturated heterocycles. The van der Waals surface area contributed by atoms with Crippen LogP contribution >= 0.6 is 11.8 Å². The number of thioether (sulfide) groups is 1. The number of urea groups is 1. The quantitative estimate of drug-likeness (QED) is 0.787. The molecule has 2 aliphatic heterocycles. The highest BCUT2D eigenvalue weighted by atomic mass is 32.2. The molecule has 2 aliphatic rings. The van der Waals surface area contributed by atoms with Crippen molar-refractivity contribution in [1.82, 2.24) is 15.1 Å². The first-order valence-electron chi connectivity index (χ1n) is 6.34. The fourth-order valence-corrected chi connectivity index (χ4v) is 3.03. The lowest BCUT2D eigenvalue weighted by atomic mass is 10.1. The van der Waals surface area contributed by atoms with Gasteiger partial charge in [-0.05, 0) is 27.2 Å². The Kier molecular flexibility index (Phi) is 3.75. The zero-order valence-electron chi connectivity index (χ0n) is 11.4. The molecule has 0 radical (unpaired) electrons. The molecule has 6 nitrogen and oxygen atoms in total. The summed E-state index contributed by atoms with van der Waals surface area (Å²) >= 11 is 1.04. The van der Waals surface area contributed by atoms with Gasteiger partial charge in [0.1, 0.15) is 0 Å². The third-order valence-corrected chi connectivity index (χ3v) is 3.92. The largest absolute Gasteiger partial charge is 0.333 e. The molecule has 0 bridgehead atoms. The summed E-state index contributed by atoms with van der Waals surface area (Å²) in [6.45, 7) is 6.77. The van der Waals surface area contributed by atoms with Gasteiger partial charge < -0.3 is 10.2 Å². The maximum atomic E-state index is 12.0. The van der Waals surface area contributed by atoms with E-state index < -0.39 is 0 Å². The van der Waals surface area contributed by atoms with Crippen molar-refractivity contribution in [3.63, 3.8) is 0 Å². The number of rotatable bonds is 1. The minimum atomic E-state index is -0.287. The Balaban J connectivity index is 1.95. The predicted molar refractivity (Wildman–Crippen MR) is 73.0 cm³/mol. The van der Waals surface area contributed by atoms with Gasteiger partial charge in [0.2, 0.25) is 5.91 Å². The van der Waals surface area contributed by atoms with Gasteiger partial charge in [-0.25, -0.2) is 4.79 Å². The second-order valence-corrected chi connectivity index (χ2v) is 6.81. The van der Waals surface area contributed by atoms with E-state index in [4.69, 9.17) is 0 Å². The summed E-state index contributed by atoms with van der Waals surface area (Å²) < 4.78 is 0. The first kappa shape index (κ1) is 14.2. The van der Waals surface area contributed by atoms with Gasteiger partial charge in [-0.3, -0.25) is 14.5 Å². The van der Waals surface area contributed by atoms with Crippen LogP contribution in [0.2, 0.25) is 0 Å². The van der Waals surface area contributed by atoms with Crippen molar-refractivity contribution < 1.29 is 14.4 Å². The Morgan fingerprint density at radius 1 is 1.37 bits per heavy atom. The van der Waals surface area contributed by atoms with Gasteiger partial charge in [-0.15, -0.1) is 0 Å². The van der Waals surface area contributed by atoms with Gasteiger partial charge in [-0.2, -0.15) is 0 Å². The van der Waals surface area contributed by atoms with E-state index in [-0.39, 0.29) is 34.5 Å². The molecule has 0 saturated carbocycles. The van der Waals surface area contributed by atoms with Crippen LogP contribution in [0.5, 0.6) is 0 Å². The summed E-state index contributed by atoms with van der Waals surface area (Å²) in [6, 6.07) is -0.303. The van der Waals surface area contributed by atoms with Crippen molar-refractivity contribution >= 4 is 28.9 Å². The molecular formula is C12H19N3O3S. The highest BCUT2D eigenvalue weighted by Crippen LogP contribution is 2.26. The number of likely N-dealkylation sites (tertiary alicyclic amines) is 1. The Hall–Kier alpha value is -1.24. The molecule has 0 aromatic carbocycles. The molecule has 0 spiro atoms. The van der Waals surface area contributed by atoms with E-state index in [9.17, 15) is 14.4 Å². The van der Waals surface area contributed by atoms with Crippen LogP contribution in [0.15, 0.2) is 0 Å². The van der Waals surface area contributed by atoms with Gasteiger partial charge in [-0.1, -0.05) is 11.8 Å². The number of amides is 4. The number of carbonyl (C=O) groups is 3. The summed E-state index contributed by atoms with van der Waals surface area (Å²) in [5.74, 6) is 0.0850. The van der Waals surface area contributed by atoms with Crippen LogP contribution in [0, 0.1) is 0 Å². The van der Waals surface area contributed by atoms with Crippen LogP contribution in [-0.4, -0.2) is 57.4 Å². The van der Waals surface area contributed by atoms with Crippen LogP contribution in [0.25, 0.3) is 0 Å². The zero-order valence-corrected chi connectivity index (χ0v) is 12.2. The molecule has 2 rings (SSSR count). The van der Waals surface area contributed by atoms with E-state index in [1.54, 1.807) is 4.90 Å². The Morgan fingerprint density at radius 3 is 2.58 bits per heavy atom. The van der Waals surface area contributed by atoms with E-state index >= 15 is 0 Å². The summed E-state index contributed by atoms with van der Waals surface area (Å²) in [5, 5.41) is 2.70. The Morgan fingerprint density at radius 2 is 2.05 bits per heavy atom. The fourth-order valence-electron chi connectivity index (χ4n) is 2.25. The maximum absolute atomic E-state index is 12.0. The number of imide groups is 1. The van der Waals surface area contributed by atoms with Crippen molar-refractivity contribution in [1.29, 1.82) is 0 Å². The molecule has 7 heteroatoms. The molecule has 1 atom stereocenters. The van der Waals surface area contributed by atoms with Crippen LogP contribution in [-0.2, 0) is 4.79 Å². The number of nitrogens with one attached hydrogen (secondary N) is 1. The second kappa shape index (κ2) is 5.03. The number of hydrogen-bond donors (Lipinski definition) is 1. The second-order valence-electron chi connectivity index (χ2n) is 5.89. The minimum Gasteiger partial charge on any atom is -0.333 e. The van der Waals surface area contributed by atoms with E-state index in [2.05, 4.69) is 5.32 Å². The molecule has 1 unspecified atom stereocenters. The molecule has 0 aliphatic carbocycles. The maximum Gasteiger partial charge on any atom is 0.317 e. The van der Waals surface area contributed by atoms with Gasteiger partial charge >= 0.3 is 6.03 Å². The average molecular weight is 285 g/mol. The minimum absolute atomic E-state index is 0.137. The van der Waals surface area contributed by atoms with Crippen LogP contribution in [0.1, 0.15) is 27.2 Å². The van der Waals surface area contributed by atoms with Gasteiger partial charge in [0.25, 0.3) is 5.24 Å². The normalized spacial score (nSPS) is 24.3. The third kappa shape index (κ3) is 3.20. The van der Waals surface area contributed by atoms with Gasteiger partial charge in [0.15, 0.2) is 0 Å². The van der Waals surface area contributed by atoms with Gasteiger partial charge in [0, 0.05) is 18.6 Å². The van der Waals surface area contributed by atoms with Crippen LogP contribution < -0.4 is 5.32 Å². The lowest BCUT2D eigenvalue weighted by molar-refractivity contribution is -0.126. The lowest BCUT2D eigenvalue weighted by Gasteiger charge is -2.26. The smallest absolute Gasteiger partial charge is 0.317 e. The topological polar surface area (TPSA) is 69.7 Å². The van der Waals surface area contributed by atoms with E-state index in [1.807, 2.05) is 20.8 Å². The fraction of sp³-hybridized carbons (Fsp3) is 0.750. The standard InChI is InChI=1S/C12H19N3O3S/c1-12(2,3)13-10(17)14-5-4-8(6-14)15-9(16)7-19-11(15)18/h8H,4-7H2,1-3H3,(H,13,17). The Labute approximate surface area is 116 Å². The molecule has 2 heterocycles. The third-order valence-electron chi connectivity index (χ3n) is 3.08. The highest BCUT2D eigenvalue weighted by Gasteiger charge is 2.40. The highest BCUT2D eigenvalue weighted by molar-refractivity contribution is 8.14. The summed E-state index contributed by atoms with van der Waals surface area (Å²) in [6.07, 6.45) is 0.662. The molecular weight excluding hydrogens is 266 g/mol. The van der Waals surface area contributed by atoms with Crippen molar-refractivity contribution in [3.05, 3.63) is 0 Å². The molecule has 0 aromatic rings. The van der Waals surface area contributed by atoms with E-state index in [0.29, 0.717) is 19.5 Å². The monoisotopic (exact) mass is 285 g/mol. The molecule has 2 fully saturated rings. The number of nitrogens with zero attached hydrogens (tertiary/aromatic N) is 2. The number of carbonyl (C=O) groups excluding carboxylic acids is 3. The van der Waals surface area contributed by atoms with Crippen molar-refractivity contribution in [2.24, 2.45) is 0 Å². The Bertz CT molecular complexity index is 403. The average Bonchev–Trinajstić information content (AvgIpc) is 2.83. The number of hydrogen-bond acceptors (Lipinski definition) is 4. The summed E-state index contributed by atoms with van der Waals surface area (Å²) in [7, 11) is 0. The van der Waals surface area contributed by atoms with E-state index in [1.165, 1.54) is 4.90 Å². The molecule has 0 aromatic heterocycles. The van der Waals surface area contributed by atoms with E-state index in [0.717, 1.165) is 11.8 Å². The van der Waals surface area contributed by atoms with Crippen LogP contribution in [0.3, 0.4) is 0 Å². The summed E-state index contributed by atoms with van der Waals surface area (Å²) in [5.41, 5.74) is -0.287. The molecule has 106 valence electrons. The lowest BCUT2D eigenvalue weighted by Crippen LogP contribution is -2.49. The van der Waals surface area contributed by atoms with Gasteiger partial charge in [0.05, 0.1) is 11.8 Å². The SMILES string of the molecule is CC(C)(C)NC(=O)N1CCC(N2C(=O)CSC2=O)C1. The molecule has 4 amide bonds. The first-order chi connectivity index (χ1) is 8.78. The zero-order chi connectivity index (χ0) is 14.2. The van der Waals surface area contributed by atoms with Crippen LogP contribution in [0.4, 0.5) is 9.59 Å².